The molecule has 2 amide bonds. The predicted molar refractivity (Wildman–Crippen MR) is 104 cm³/mol. The fourth-order valence-corrected chi connectivity index (χ4v) is 3.06. The maximum atomic E-state index is 12.4. The minimum atomic E-state index is -0.159. The summed E-state index contributed by atoms with van der Waals surface area (Å²) in [5.41, 5.74) is 2.12. The van der Waals surface area contributed by atoms with Gasteiger partial charge < -0.3 is 20.3 Å². The molecule has 0 spiro atoms. The lowest BCUT2D eigenvalue weighted by Crippen LogP contribution is -2.40. The van der Waals surface area contributed by atoms with Crippen LogP contribution in [-0.2, 0) is 9.53 Å². The summed E-state index contributed by atoms with van der Waals surface area (Å²) in [4.78, 5) is 26.3. The summed E-state index contributed by atoms with van der Waals surface area (Å²) in [6.07, 6.45) is 0. The maximum absolute atomic E-state index is 12.4. The molecule has 2 N–H and O–H groups in total. The molecular weight excluding hydrogens is 398 g/mol. The number of para-hydroxylation sites is 1. The van der Waals surface area contributed by atoms with E-state index in [1.807, 2.05) is 24.3 Å². The van der Waals surface area contributed by atoms with Gasteiger partial charge in [-0.2, -0.15) is 0 Å². The van der Waals surface area contributed by atoms with E-state index in [0.717, 1.165) is 10.2 Å². The smallest absolute Gasteiger partial charge is 0.254 e. The molecular formula is C19H20BrN3O3. The number of anilines is 2. The first-order chi connectivity index (χ1) is 12.6. The van der Waals surface area contributed by atoms with Crippen LogP contribution in [0.3, 0.4) is 0 Å². The van der Waals surface area contributed by atoms with E-state index in [1.54, 1.807) is 29.2 Å². The van der Waals surface area contributed by atoms with Crippen molar-refractivity contribution < 1.29 is 14.3 Å². The number of hydrogen-bond acceptors (Lipinski definition) is 4. The molecule has 1 heterocycles. The van der Waals surface area contributed by atoms with Crippen LogP contribution in [0.1, 0.15) is 10.4 Å². The van der Waals surface area contributed by atoms with Crippen LogP contribution >= 0.6 is 15.9 Å². The molecule has 0 radical (unpaired) electrons. The lowest BCUT2D eigenvalue weighted by atomic mass is 10.1. The summed E-state index contributed by atoms with van der Waals surface area (Å²) in [5.74, 6) is -0.172. The number of amides is 2. The number of rotatable bonds is 5. The Labute approximate surface area is 160 Å². The van der Waals surface area contributed by atoms with Crippen molar-refractivity contribution in [2.75, 3.05) is 43.5 Å². The fourth-order valence-electron chi connectivity index (χ4n) is 2.63. The molecule has 0 bridgehead atoms. The molecule has 2 aromatic rings. The summed E-state index contributed by atoms with van der Waals surface area (Å²) in [7, 11) is 0. The van der Waals surface area contributed by atoms with E-state index >= 15 is 0 Å². The molecule has 1 fully saturated rings. The lowest BCUT2D eigenvalue weighted by Gasteiger charge is -2.26. The van der Waals surface area contributed by atoms with Gasteiger partial charge in [0.05, 0.1) is 19.8 Å². The summed E-state index contributed by atoms with van der Waals surface area (Å²) in [5, 5.41) is 5.89. The Morgan fingerprint density at radius 1 is 1.04 bits per heavy atom. The zero-order chi connectivity index (χ0) is 18.4. The number of ether oxygens (including phenoxy) is 1. The predicted octanol–water partition coefficient (Wildman–Crippen LogP) is 2.97. The standard InChI is InChI=1S/C19H20BrN3O3/c20-16-3-1-2-4-17(16)21-13-18(24)22-15-7-5-14(6-8-15)19(25)23-9-11-26-12-10-23/h1-8,21H,9-13H2,(H,22,24). The van der Waals surface area contributed by atoms with Gasteiger partial charge in [0.2, 0.25) is 5.91 Å². The highest BCUT2D eigenvalue weighted by Gasteiger charge is 2.18. The van der Waals surface area contributed by atoms with Crippen LogP contribution < -0.4 is 10.6 Å². The minimum absolute atomic E-state index is 0.0122. The Hall–Kier alpha value is -2.38. The molecule has 2 aromatic carbocycles. The van der Waals surface area contributed by atoms with E-state index in [9.17, 15) is 9.59 Å². The Bertz CT molecular complexity index is 774. The van der Waals surface area contributed by atoms with Crippen molar-refractivity contribution in [3.63, 3.8) is 0 Å². The first-order valence-corrected chi connectivity index (χ1v) is 9.18. The molecule has 3 rings (SSSR count). The number of carbonyl (C=O) groups excluding carboxylic acids is 2. The van der Waals surface area contributed by atoms with E-state index in [4.69, 9.17) is 4.74 Å². The topological polar surface area (TPSA) is 70.7 Å². The van der Waals surface area contributed by atoms with Crippen LogP contribution in [0.25, 0.3) is 0 Å². The van der Waals surface area contributed by atoms with Crippen LogP contribution in [-0.4, -0.2) is 49.6 Å². The largest absolute Gasteiger partial charge is 0.378 e. The molecule has 0 aliphatic carbocycles. The Morgan fingerprint density at radius 2 is 1.73 bits per heavy atom. The number of benzene rings is 2. The molecule has 7 heteroatoms. The molecule has 6 nitrogen and oxygen atoms in total. The Balaban J connectivity index is 1.52. The monoisotopic (exact) mass is 417 g/mol. The van der Waals surface area contributed by atoms with Crippen molar-refractivity contribution in [3.8, 4) is 0 Å². The van der Waals surface area contributed by atoms with Crippen LogP contribution in [0.15, 0.2) is 53.0 Å². The van der Waals surface area contributed by atoms with E-state index in [2.05, 4.69) is 26.6 Å². The van der Waals surface area contributed by atoms with Gasteiger partial charge >= 0.3 is 0 Å². The van der Waals surface area contributed by atoms with E-state index in [1.165, 1.54) is 0 Å². The van der Waals surface area contributed by atoms with Crippen molar-refractivity contribution >= 4 is 39.1 Å². The molecule has 0 aromatic heterocycles. The van der Waals surface area contributed by atoms with Crippen molar-refractivity contribution in [1.29, 1.82) is 0 Å². The minimum Gasteiger partial charge on any atom is -0.378 e. The normalized spacial score (nSPS) is 14.0. The van der Waals surface area contributed by atoms with E-state index < -0.39 is 0 Å². The number of nitrogens with one attached hydrogen (secondary N) is 2. The zero-order valence-corrected chi connectivity index (χ0v) is 15.8. The van der Waals surface area contributed by atoms with Crippen LogP contribution in [0.2, 0.25) is 0 Å². The van der Waals surface area contributed by atoms with E-state index in [-0.39, 0.29) is 18.4 Å². The van der Waals surface area contributed by atoms with Gasteiger partial charge in [-0.1, -0.05) is 12.1 Å². The van der Waals surface area contributed by atoms with Crippen molar-refractivity contribution in [3.05, 3.63) is 58.6 Å². The highest BCUT2D eigenvalue weighted by atomic mass is 79.9. The molecule has 0 unspecified atom stereocenters. The van der Waals surface area contributed by atoms with Gasteiger partial charge in [0.15, 0.2) is 0 Å². The quantitative estimate of drug-likeness (QED) is 0.784. The Morgan fingerprint density at radius 3 is 2.42 bits per heavy atom. The van der Waals surface area contributed by atoms with Crippen molar-refractivity contribution in [1.82, 2.24) is 4.90 Å². The number of hydrogen-bond donors (Lipinski definition) is 2. The second-order valence-corrected chi connectivity index (χ2v) is 6.72. The van der Waals surface area contributed by atoms with Gasteiger partial charge in [-0.25, -0.2) is 0 Å². The van der Waals surface area contributed by atoms with Crippen LogP contribution in [0.4, 0.5) is 11.4 Å². The molecule has 0 atom stereocenters. The molecule has 1 aliphatic heterocycles. The first kappa shape index (κ1) is 18.4. The van der Waals surface area contributed by atoms with Gasteiger partial charge in [-0.15, -0.1) is 0 Å². The van der Waals surface area contributed by atoms with Crippen molar-refractivity contribution in [2.45, 2.75) is 0 Å². The highest BCUT2D eigenvalue weighted by Crippen LogP contribution is 2.20. The third-order valence-corrected chi connectivity index (χ3v) is 4.72. The second-order valence-electron chi connectivity index (χ2n) is 5.86. The van der Waals surface area contributed by atoms with Gasteiger partial charge in [0.1, 0.15) is 0 Å². The fraction of sp³-hybridized carbons (Fsp3) is 0.263. The highest BCUT2D eigenvalue weighted by molar-refractivity contribution is 9.10. The summed E-state index contributed by atoms with van der Waals surface area (Å²) >= 11 is 3.43. The van der Waals surface area contributed by atoms with Gasteiger partial charge in [0.25, 0.3) is 5.91 Å². The van der Waals surface area contributed by atoms with Crippen molar-refractivity contribution in [2.24, 2.45) is 0 Å². The molecule has 136 valence electrons. The number of carbonyl (C=O) groups is 2. The Kier molecular flexibility index (Phi) is 6.25. The summed E-state index contributed by atoms with van der Waals surface area (Å²) < 4.78 is 6.16. The SMILES string of the molecule is O=C(CNc1ccccc1Br)Nc1ccc(C(=O)N2CCOCC2)cc1. The summed E-state index contributed by atoms with van der Waals surface area (Å²) in [6, 6.07) is 14.6. The molecule has 1 saturated heterocycles. The first-order valence-electron chi connectivity index (χ1n) is 8.39. The zero-order valence-electron chi connectivity index (χ0n) is 14.2. The average Bonchev–Trinajstić information content (AvgIpc) is 2.68. The van der Waals surface area contributed by atoms with Gasteiger partial charge in [0, 0.05) is 34.5 Å². The third kappa shape index (κ3) is 4.83. The summed E-state index contributed by atoms with van der Waals surface area (Å²) in [6.45, 7) is 2.52. The lowest BCUT2D eigenvalue weighted by molar-refractivity contribution is -0.114. The van der Waals surface area contributed by atoms with Gasteiger partial charge in [-0.05, 0) is 52.3 Å². The van der Waals surface area contributed by atoms with Crippen LogP contribution in [0, 0.1) is 0 Å². The molecule has 1 aliphatic rings. The molecule has 26 heavy (non-hydrogen) atoms. The third-order valence-electron chi connectivity index (χ3n) is 4.03. The molecule has 0 saturated carbocycles. The number of morpholine rings is 1. The van der Waals surface area contributed by atoms with E-state index in [0.29, 0.717) is 37.6 Å². The van der Waals surface area contributed by atoms with Gasteiger partial charge in [-0.3, -0.25) is 9.59 Å². The second kappa shape index (κ2) is 8.82. The maximum Gasteiger partial charge on any atom is 0.254 e. The average molecular weight is 418 g/mol. The number of halogens is 1. The van der Waals surface area contributed by atoms with Crippen LogP contribution in [0.5, 0.6) is 0 Å². The number of nitrogens with zero attached hydrogens (tertiary/aromatic N) is 1.